The molecule has 2 fully saturated rings. The van der Waals surface area contributed by atoms with E-state index in [0.717, 1.165) is 112 Å². The van der Waals surface area contributed by atoms with Gasteiger partial charge in [0.1, 0.15) is 0 Å². The van der Waals surface area contributed by atoms with Crippen molar-refractivity contribution in [2.45, 2.75) is 71.1 Å². The molecular weight excluding hydrogens is 542 g/mol. The quantitative estimate of drug-likeness (QED) is 0.232. The van der Waals surface area contributed by atoms with Crippen molar-refractivity contribution in [1.29, 1.82) is 0 Å². The average molecular weight is 580 g/mol. The Labute approximate surface area is 251 Å². The molecule has 216 valence electrons. The van der Waals surface area contributed by atoms with Crippen LogP contribution in [0.3, 0.4) is 0 Å². The second kappa shape index (κ2) is 12.2. The van der Waals surface area contributed by atoms with Gasteiger partial charge in [0.2, 0.25) is 5.91 Å². The molecular formula is C35H37N3O3S. The number of aromatic carboxylic acids is 1. The summed E-state index contributed by atoms with van der Waals surface area (Å²) < 4.78 is 0. The molecule has 0 spiro atoms. The van der Waals surface area contributed by atoms with Crippen LogP contribution in [0, 0.1) is 13.8 Å². The van der Waals surface area contributed by atoms with E-state index in [2.05, 4.69) is 35.3 Å². The molecule has 0 unspecified atom stereocenters. The van der Waals surface area contributed by atoms with Gasteiger partial charge in [-0.15, -0.1) is 11.3 Å². The van der Waals surface area contributed by atoms with Gasteiger partial charge in [-0.05, 0) is 111 Å². The number of hydrogen-bond acceptors (Lipinski definition) is 5. The number of likely N-dealkylation sites (tertiary alicyclic amines) is 1. The number of amides is 1. The lowest BCUT2D eigenvalue weighted by Gasteiger charge is -2.27. The number of fused-ring (bicyclic) bond motifs is 1. The smallest absolute Gasteiger partial charge is 0.335 e. The summed E-state index contributed by atoms with van der Waals surface area (Å²) in [7, 11) is 0. The van der Waals surface area contributed by atoms with Crippen molar-refractivity contribution >= 4 is 40.2 Å². The lowest BCUT2D eigenvalue weighted by Crippen LogP contribution is -2.34. The fourth-order valence-electron chi connectivity index (χ4n) is 6.57. The number of benzene rings is 2. The van der Waals surface area contributed by atoms with E-state index in [9.17, 15) is 14.7 Å². The molecule has 1 aliphatic carbocycles. The first-order chi connectivity index (χ1) is 20.4. The van der Waals surface area contributed by atoms with Crippen LogP contribution in [-0.4, -0.2) is 44.9 Å². The Morgan fingerprint density at radius 2 is 1.69 bits per heavy atom. The Bertz CT molecular complexity index is 1680. The summed E-state index contributed by atoms with van der Waals surface area (Å²) >= 11 is 1.66. The molecule has 1 saturated carbocycles. The van der Waals surface area contributed by atoms with Gasteiger partial charge in [0.05, 0.1) is 32.4 Å². The van der Waals surface area contributed by atoms with Crippen molar-refractivity contribution in [1.82, 2.24) is 14.9 Å². The third kappa shape index (κ3) is 5.88. The van der Waals surface area contributed by atoms with Crippen molar-refractivity contribution in [3.05, 3.63) is 75.9 Å². The molecule has 1 saturated heterocycles. The Morgan fingerprint density at radius 3 is 2.40 bits per heavy atom. The number of carbonyl (C=O) groups is 2. The number of piperidine rings is 1. The largest absolute Gasteiger partial charge is 0.478 e. The van der Waals surface area contributed by atoms with Crippen LogP contribution in [-0.2, 0) is 4.79 Å². The van der Waals surface area contributed by atoms with Crippen molar-refractivity contribution in [2.75, 3.05) is 13.1 Å². The first-order valence-electron chi connectivity index (χ1n) is 15.1. The van der Waals surface area contributed by atoms with Crippen LogP contribution in [0.4, 0.5) is 0 Å². The zero-order valence-corrected chi connectivity index (χ0v) is 25.2. The molecule has 2 aromatic heterocycles. The number of carbonyl (C=O) groups excluding carboxylic acids is 1. The number of rotatable bonds is 6. The molecule has 6 nitrogen and oxygen atoms in total. The van der Waals surface area contributed by atoms with Gasteiger partial charge in [-0.25, -0.2) is 14.8 Å². The minimum atomic E-state index is -0.945. The van der Waals surface area contributed by atoms with Gasteiger partial charge in [-0.3, -0.25) is 4.79 Å². The molecule has 0 bridgehead atoms. The normalized spacial score (nSPS) is 16.4. The maximum Gasteiger partial charge on any atom is 0.335 e. The van der Waals surface area contributed by atoms with E-state index in [0.29, 0.717) is 0 Å². The standard InChI is InChI=1S/C35H37N3O3S/c1-22-34(42-23(2)36-22)31-15-11-25-19-26(12-14-30(25)37-31)33-27(13-16-32(39)38-17-7-4-8-18-38)20-28(35(40)41)21-29(33)24-9-5-3-6-10-24/h11-16,19-21,24H,3-10,17-18H2,1-2H3,(H,40,41). The lowest BCUT2D eigenvalue weighted by molar-refractivity contribution is -0.126. The van der Waals surface area contributed by atoms with Gasteiger partial charge in [0.15, 0.2) is 0 Å². The maximum atomic E-state index is 13.1. The van der Waals surface area contributed by atoms with Crippen molar-refractivity contribution in [2.24, 2.45) is 0 Å². The molecule has 4 aromatic rings. The van der Waals surface area contributed by atoms with E-state index in [1.165, 1.54) is 6.42 Å². The lowest BCUT2D eigenvalue weighted by atomic mass is 9.78. The molecule has 2 aliphatic rings. The van der Waals surface area contributed by atoms with Crippen LogP contribution in [0.15, 0.2) is 48.5 Å². The number of hydrogen-bond donors (Lipinski definition) is 1. The molecule has 3 heterocycles. The monoisotopic (exact) mass is 579 g/mol. The Hall–Kier alpha value is -3.84. The van der Waals surface area contributed by atoms with E-state index in [4.69, 9.17) is 4.98 Å². The van der Waals surface area contributed by atoms with Gasteiger partial charge < -0.3 is 10.0 Å². The number of aryl methyl sites for hydroxylation is 2. The number of pyridine rings is 1. The fourth-order valence-corrected chi connectivity index (χ4v) is 7.46. The van der Waals surface area contributed by atoms with Gasteiger partial charge in [0.25, 0.3) is 0 Å². The molecule has 7 heteroatoms. The first-order valence-corrected chi connectivity index (χ1v) is 15.9. The van der Waals surface area contributed by atoms with Crippen LogP contribution in [0.5, 0.6) is 0 Å². The Kier molecular flexibility index (Phi) is 8.20. The second-order valence-electron chi connectivity index (χ2n) is 11.6. The van der Waals surface area contributed by atoms with Crippen LogP contribution in [0.25, 0.3) is 38.7 Å². The molecule has 6 rings (SSSR count). The summed E-state index contributed by atoms with van der Waals surface area (Å²) in [5.74, 6) is -0.671. The molecule has 0 radical (unpaired) electrons. The van der Waals surface area contributed by atoms with Crippen LogP contribution in [0.1, 0.15) is 89.5 Å². The first kappa shape index (κ1) is 28.3. The van der Waals surface area contributed by atoms with Crippen molar-refractivity contribution in [3.63, 3.8) is 0 Å². The van der Waals surface area contributed by atoms with Gasteiger partial charge in [-0.1, -0.05) is 31.4 Å². The molecule has 1 N–H and O–H groups in total. The number of nitrogens with zero attached hydrogens (tertiary/aromatic N) is 3. The van der Waals surface area contributed by atoms with Gasteiger partial charge in [-0.2, -0.15) is 0 Å². The minimum absolute atomic E-state index is 0.00978. The van der Waals surface area contributed by atoms with Gasteiger partial charge >= 0.3 is 5.97 Å². The third-order valence-electron chi connectivity index (χ3n) is 8.68. The summed E-state index contributed by atoms with van der Waals surface area (Å²) in [6.07, 6.45) is 12.3. The topological polar surface area (TPSA) is 83.4 Å². The van der Waals surface area contributed by atoms with E-state index in [1.54, 1.807) is 23.5 Å². The summed E-state index contributed by atoms with van der Waals surface area (Å²) in [4.78, 5) is 37.9. The van der Waals surface area contributed by atoms with Crippen LogP contribution < -0.4 is 0 Å². The zero-order chi connectivity index (χ0) is 29.2. The van der Waals surface area contributed by atoms with Crippen LogP contribution in [0.2, 0.25) is 0 Å². The Balaban J connectivity index is 1.46. The van der Waals surface area contributed by atoms with Gasteiger partial charge in [0, 0.05) is 24.6 Å². The number of carboxylic acids is 1. The Morgan fingerprint density at radius 1 is 0.929 bits per heavy atom. The zero-order valence-electron chi connectivity index (χ0n) is 24.4. The highest BCUT2D eigenvalue weighted by atomic mass is 32.1. The number of aromatic nitrogens is 2. The molecule has 1 aliphatic heterocycles. The summed E-state index contributed by atoms with van der Waals surface area (Å²) in [5, 5.41) is 12.1. The van der Waals surface area contributed by atoms with Crippen LogP contribution >= 0.6 is 11.3 Å². The SMILES string of the molecule is Cc1nc(C)c(-c2ccc3cc(-c4c(C=CC(=O)N5CCCCC5)cc(C(=O)O)cc4C4CCCCC4)ccc3n2)s1. The van der Waals surface area contributed by atoms with E-state index >= 15 is 0 Å². The minimum Gasteiger partial charge on any atom is -0.478 e. The fraction of sp³-hybridized carbons (Fsp3) is 0.371. The maximum absolute atomic E-state index is 13.1. The highest BCUT2D eigenvalue weighted by Crippen LogP contribution is 2.42. The average Bonchev–Trinajstić information content (AvgIpc) is 3.37. The van der Waals surface area contributed by atoms with Crippen molar-refractivity contribution in [3.8, 4) is 21.7 Å². The highest BCUT2D eigenvalue weighted by Gasteiger charge is 2.24. The number of thiazole rings is 1. The summed E-state index contributed by atoms with van der Waals surface area (Å²) in [6, 6.07) is 14.1. The van der Waals surface area contributed by atoms with Crippen molar-refractivity contribution < 1.29 is 14.7 Å². The summed E-state index contributed by atoms with van der Waals surface area (Å²) in [5.41, 5.74) is 6.98. The molecule has 0 atom stereocenters. The predicted molar refractivity (Wildman–Crippen MR) is 170 cm³/mol. The van der Waals surface area contributed by atoms with E-state index in [1.807, 2.05) is 30.9 Å². The second-order valence-corrected chi connectivity index (χ2v) is 12.8. The molecule has 2 aromatic carbocycles. The highest BCUT2D eigenvalue weighted by molar-refractivity contribution is 7.15. The van der Waals surface area contributed by atoms with E-state index in [-0.39, 0.29) is 17.4 Å². The molecule has 1 amide bonds. The number of carboxylic acid groups (broad SMARTS) is 1. The van der Waals surface area contributed by atoms with E-state index < -0.39 is 5.97 Å². The predicted octanol–water partition coefficient (Wildman–Crippen LogP) is 8.41. The summed E-state index contributed by atoms with van der Waals surface area (Å²) in [6.45, 7) is 5.59. The third-order valence-corrected chi connectivity index (χ3v) is 9.77. The molecule has 42 heavy (non-hydrogen) atoms.